The van der Waals surface area contributed by atoms with Gasteiger partial charge >= 0.3 is 0 Å². The maximum Gasteiger partial charge on any atom is 0.120 e. The van der Waals surface area contributed by atoms with E-state index in [1.807, 2.05) is 36.1 Å². The van der Waals surface area contributed by atoms with E-state index in [9.17, 15) is 0 Å². The lowest BCUT2D eigenvalue weighted by atomic mass is 10.1. The van der Waals surface area contributed by atoms with E-state index >= 15 is 0 Å². The van der Waals surface area contributed by atoms with Gasteiger partial charge in [0.05, 0.1) is 18.5 Å². The Bertz CT molecular complexity index is 559. The highest BCUT2D eigenvalue weighted by Gasteiger charge is 2.19. The minimum atomic E-state index is 0.201. The van der Waals surface area contributed by atoms with Gasteiger partial charge in [-0.15, -0.1) is 6.58 Å². The highest BCUT2D eigenvalue weighted by molar-refractivity contribution is 5.12. The van der Waals surface area contributed by atoms with Gasteiger partial charge in [0.15, 0.2) is 0 Å². The lowest BCUT2D eigenvalue weighted by molar-refractivity contribution is 0.270. The summed E-state index contributed by atoms with van der Waals surface area (Å²) >= 11 is 0. The average Bonchev–Trinajstić information content (AvgIpc) is 3.14. The molecule has 1 N–H and O–H groups in total. The van der Waals surface area contributed by atoms with Crippen molar-refractivity contribution >= 4 is 0 Å². The minimum Gasteiger partial charge on any atom is -0.468 e. The van der Waals surface area contributed by atoms with Crippen LogP contribution >= 0.6 is 0 Å². The van der Waals surface area contributed by atoms with E-state index in [0.717, 1.165) is 25.1 Å². The number of furan rings is 1. The summed E-state index contributed by atoms with van der Waals surface area (Å²) in [6.07, 6.45) is 9.60. The number of nitrogens with one attached hydrogen (secondary N) is 1. The Hall–Kier alpha value is -1.85. The molecule has 5 heteroatoms. The van der Waals surface area contributed by atoms with Gasteiger partial charge in [-0.2, -0.15) is 5.10 Å². The topological polar surface area (TPSA) is 46.2 Å². The van der Waals surface area contributed by atoms with Crippen LogP contribution in [-0.4, -0.2) is 35.3 Å². The second kappa shape index (κ2) is 7.96. The molecule has 22 heavy (non-hydrogen) atoms. The molecule has 0 saturated carbocycles. The first kappa shape index (κ1) is 16.5. The Morgan fingerprint density at radius 1 is 1.50 bits per heavy atom. The molecule has 0 spiro atoms. The SMILES string of the molecule is C=CCC[C@@H](NC[C@@H](c1cnn(C)c1)N(C)C)c1ccco1. The predicted octanol–water partition coefficient (Wildman–Crippen LogP) is 2.91. The largest absolute Gasteiger partial charge is 0.468 e. The van der Waals surface area contributed by atoms with Crippen molar-refractivity contribution in [2.24, 2.45) is 7.05 Å². The van der Waals surface area contributed by atoms with Gasteiger partial charge in [-0.25, -0.2) is 0 Å². The summed E-state index contributed by atoms with van der Waals surface area (Å²) in [6.45, 7) is 4.64. The monoisotopic (exact) mass is 302 g/mol. The van der Waals surface area contributed by atoms with Crippen molar-refractivity contribution in [3.63, 3.8) is 0 Å². The smallest absolute Gasteiger partial charge is 0.120 e. The van der Waals surface area contributed by atoms with Crippen LogP contribution in [0.3, 0.4) is 0 Å². The van der Waals surface area contributed by atoms with Gasteiger partial charge in [-0.1, -0.05) is 6.08 Å². The van der Waals surface area contributed by atoms with Gasteiger partial charge in [0.25, 0.3) is 0 Å². The number of hydrogen-bond acceptors (Lipinski definition) is 4. The second-order valence-electron chi connectivity index (χ2n) is 5.77. The van der Waals surface area contributed by atoms with Crippen molar-refractivity contribution in [3.8, 4) is 0 Å². The van der Waals surface area contributed by atoms with Crippen molar-refractivity contribution in [3.05, 3.63) is 54.8 Å². The average molecular weight is 302 g/mol. The molecule has 2 aromatic heterocycles. The lowest BCUT2D eigenvalue weighted by Crippen LogP contribution is -2.33. The second-order valence-corrected chi connectivity index (χ2v) is 5.77. The molecule has 0 bridgehead atoms. The molecule has 0 radical (unpaired) electrons. The number of aromatic nitrogens is 2. The van der Waals surface area contributed by atoms with Crippen molar-refractivity contribution in [1.29, 1.82) is 0 Å². The number of rotatable bonds is 9. The number of allylic oxidation sites excluding steroid dienone is 1. The maximum absolute atomic E-state index is 5.57. The first-order chi connectivity index (χ1) is 10.6. The Labute approximate surface area is 132 Å². The van der Waals surface area contributed by atoms with Crippen LogP contribution < -0.4 is 5.32 Å². The lowest BCUT2D eigenvalue weighted by Gasteiger charge is -2.26. The van der Waals surface area contributed by atoms with Gasteiger partial charge in [-0.05, 0) is 39.1 Å². The first-order valence-corrected chi connectivity index (χ1v) is 7.64. The molecule has 2 rings (SSSR count). The van der Waals surface area contributed by atoms with Gasteiger partial charge in [0, 0.05) is 31.4 Å². The van der Waals surface area contributed by atoms with E-state index in [4.69, 9.17) is 4.42 Å². The van der Waals surface area contributed by atoms with Crippen LogP contribution in [0.25, 0.3) is 0 Å². The molecule has 2 heterocycles. The fourth-order valence-corrected chi connectivity index (χ4v) is 2.58. The fourth-order valence-electron chi connectivity index (χ4n) is 2.58. The molecular formula is C17H26N4O. The van der Waals surface area contributed by atoms with E-state index < -0.39 is 0 Å². The van der Waals surface area contributed by atoms with E-state index in [-0.39, 0.29) is 12.1 Å². The zero-order valence-electron chi connectivity index (χ0n) is 13.7. The molecule has 0 aliphatic carbocycles. The van der Waals surface area contributed by atoms with Crippen LogP contribution in [0, 0.1) is 0 Å². The number of aryl methyl sites for hydroxylation is 1. The molecule has 2 aromatic rings. The summed E-state index contributed by atoms with van der Waals surface area (Å²) in [4.78, 5) is 2.21. The summed E-state index contributed by atoms with van der Waals surface area (Å²) in [7, 11) is 6.12. The van der Waals surface area contributed by atoms with Gasteiger partial charge in [-0.3, -0.25) is 4.68 Å². The van der Waals surface area contributed by atoms with Gasteiger partial charge < -0.3 is 14.6 Å². The third kappa shape index (κ3) is 4.32. The Balaban J connectivity index is 2.03. The highest BCUT2D eigenvalue weighted by atomic mass is 16.3. The van der Waals surface area contributed by atoms with Crippen LogP contribution in [0.2, 0.25) is 0 Å². The summed E-state index contributed by atoms with van der Waals surface area (Å²) < 4.78 is 7.41. The highest BCUT2D eigenvalue weighted by Crippen LogP contribution is 2.22. The third-order valence-electron chi connectivity index (χ3n) is 3.84. The summed E-state index contributed by atoms with van der Waals surface area (Å²) in [5.41, 5.74) is 1.21. The number of likely N-dealkylation sites (N-methyl/N-ethyl adjacent to an activating group) is 1. The molecule has 0 saturated heterocycles. The molecule has 2 atom stereocenters. The zero-order chi connectivity index (χ0) is 15.9. The summed E-state index contributed by atoms with van der Waals surface area (Å²) in [5, 5.41) is 7.90. The standard InChI is InChI=1S/C17H26N4O/c1-5-6-8-15(17-9-7-10-22-17)18-12-16(20(2)3)14-11-19-21(4)13-14/h5,7,9-11,13,15-16,18H,1,6,8,12H2,2-4H3/t15-,16+/m1/s1. The number of nitrogens with zero attached hydrogens (tertiary/aromatic N) is 3. The third-order valence-corrected chi connectivity index (χ3v) is 3.84. The van der Waals surface area contributed by atoms with Gasteiger partial charge in [0.2, 0.25) is 0 Å². The first-order valence-electron chi connectivity index (χ1n) is 7.64. The van der Waals surface area contributed by atoms with Crippen molar-refractivity contribution in [1.82, 2.24) is 20.0 Å². The zero-order valence-corrected chi connectivity index (χ0v) is 13.7. The van der Waals surface area contributed by atoms with E-state index in [2.05, 4.69) is 42.2 Å². The van der Waals surface area contributed by atoms with Crippen molar-refractivity contribution < 1.29 is 4.42 Å². The van der Waals surface area contributed by atoms with Crippen molar-refractivity contribution in [2.75, 3.05) is 20.6 Å². The van der Waals surface area contributed by atoms with Crippen LogP contribution in [0.15, 0.2) is 47.9 Å². The van der Waals surface area contributed by atoms with Crippen molar-refractivity contribution in [2.45, 2.75) is 24.9 Å². The molecule has 0 amide bonds. The van der Waals surface area contributed by atoms with E-state index in [1.165, 1.54) is 5.56 Å². The van der Waals surface area contributed by atoms with Crippen LogP contribution in [-0.2, 0) is 7.05 Å². The predicted molar refractivity (Wildman–Crippen MR) is 88.5 cm³/mol. The van der Waals surface area contributed by atoms with Crippen LogP contribution in [0.4, 0.5) is 0 Å². The molecule has 0 fully saturated rings. The molecule has 0 aliphatic heterocycles. The Morgan fingerprint density at radius 3 is 2.86 bits per heavy atom. The number of hydrogen-bond donors (Lipinski definition) is 1. The molecular weight excluding hydrogens is 276 g/mol. The van der Waals surface area contributed by atoms with E-state index in [1.54, 1.807) is 6.26 Å². The Morgan fingerprint density at radius 2 is 2.32 bits per heavy atom. The quantitative estimate of drug-likeness (QED) is 0.724. The van der Waals surface area contributed by atoms with Crippen LogP contribution in [0.5, 0.6) is 0 Å². The van der Waals surface area contributed by atoms with E-state index in [0.29, 0.717) is 0 Å². The van der Waals surface area contributed by atoms with Crippen LogP contribution in [0.1, 0.15) is 36.2 Å². The molecule has 0 aliphatic rings. The Kier molecular flexibility index (Phi) is 5.98. The fraction of sp³-hybridized carbons (Fsp3) is 0.471. The molecule has 0 aromatic carbocycles. The molecule has 5 nitrogen and oxygen atoms in total. The molecule has 120 valence electrons. The normalized spacial score (nSPS) is 14.2. The minimum absolute atomic E-state index is 0.201. The van der Waals surface area contributed by atoms with Gasteiger partial charge in [0.1, 0.15) is 5.76 Å². The summed E-state index contributed by atoms with van der Waals surface area (Å²) in [6, 6.07) is 4.43. The molecule has 0 unspecified atom stereocenters. The summed E-state index contributed by atoms with van der Waals surface area (Å²) in [5.74, 6) is 0.977. The maximum atomic E-state index is 5.57.